The van der Waals surface area contributed by atoms with Gasteiger partial charge < -0.3 is 24.1 Å². The van der Waals surface area contributed by atoms with E-state index in [0.717, 1.165) is 0 Å². The first-order valence-electron chi connectivity index (χ1n) is 6.94. The minimum absolute atomic E-state index is 0.0907. The highest BCUT2D eigenvalue weighted by Gasteiger charge is 2.33. The van der Waals surface area contributed by atoms with E-state index >= 15 is 0 Å². The van der Waals surface area contributed by atoms with Crippen LogP contribution in [0.15, 0.2) is 10.7 Å². The molecule has 0 aromatic carbocycles. The lowest BCUT2D eigenvalue weighted by atomic mass is 10.2. The number of hydrogen-bond donors (Lipinski definition) is 1. The van der Waals surface area contributed by atoms with Crippen LogP contribution in [0.4, 0.5) is 6.01 Å². The smallest absolute Gasteiger partial charge is 0.360 e. The lowest BCUT2D eigenvalue weighted by Crippen LogP contribution is -2.55. The van der Waals surface area contributed by atoms with Gasteiger partial charge in [-0.05, 0) is 13.8 Å². The average Bonchev–Trinajstić information content (AvgIpc) is 2.97. The maximum Gasteiger partial charge on any atom is 0.360 e. The lowest BCUT2D eigenvalue weighted by molar-refractivity contribution is -0.145. The Labute approximate surface area is 122 Å². The number of hydrogen-bond acceptors (Lipinski definition) is 8. The van der Waals surface area contributed by atoms with Crippen LogP contribution in [0, 0.1) is 0 Å². The van der Waals surface area contributed by atoms with Gasteiger partial charge in [0.25, 0.3) is 6.01 Å². The van der Waals surface area contributed by atoms with Crippen molar-refractivity contribution in [3.8, 4) is 0 Å². The molecular formula is C13H19N3O5. The zero-order valence-corrected chi connectivity index (χ0v) is 12.1. The molecule has 1 aromatic heterocycles. The second-order valence-corrected chi connectivity index (χ2v) is 4.40. The quantitative estimate of drug-likeness (QED) is 0.770. The van der Waals surface area contributed by atoms with Crippen LogP contribution in [-0.4, -0.2) is 55.8 Å². The van der Waals surface area contributed by atoms with E-state index in [1.807, 2.05) is 0 Å². The van der Waals surface area contributed by atoms with Crippen molar-refractivity contribution in [1.82, 2.24) is 10.3 Å². The summed E-state index contributed by atoms with van der Waals surface area (Å²) < 4.78 is 15.2. The standard InChI is InChI=1S/C13H19N3O5/c1-3-19-11(17)9-8-21-13(15-9)16-6-5-14-7-10(16)12(18)20-4-2/h8,10,14H,3-7H2,1-2H3. The van der Waals surface area contributed by atoms with Gasteiger partial charge in [0.05, 0.1) is 13.2 Å². The Kier molecular flexibility index (Phi) is 5.15. The highest BCUT2D eigenvalue weighted by Crippen LogP contribution is 2.19. The number of carbonyl (C=O) groups is 2. The van der Waals surface area contributed by atoms with Crippen LogP contribution >= 0.6 is 0 Å². The zero-order chi connectivity index (χ0) is 15.2. The fourth-order valence-corrected chi connectivity index (χ4v) is 2.08. The van der Waals surface area contributed by atoms with E-state index in [0.29, 0.717) is 26.2 Å². The number of oxazole rings is 1. The maximum absolute atomic E-state index is 12.0. The Balaban J connectivity index is 2.14. The van der Waals surface area contributed by atoms with Crippen LogP contribution in [0.2, 0.25) is 0 Å². The highest BCUT2D eigenvalue weighted by atomic mass is 16.5. The summed E-state index contributed by atoms with van der Waals surface area (Å²) in [4.78, 5) is 29.3. The molecule has 8 heteroatoms. The second kappa shape index (κ2) is 7.07. The minimum Gasteiger partial charge on any atom is -0.464 e. The molecule has 1 aliphatic heterocycles. The van der Waals surface area contributed by atoms with Crippen molar-refractivity contribution in [1.29, 1.82) is 0 Å². The van der Waals surface area contributed by atoms with E-state index in [1.54, 1.807) is 18.7 Å². The predicted molar refractivity (Wildman–Crippen MR) is 73.1 cm³/mol. The number of ether oxygens (including phenoxy) is 2. The number of anilines is 1. The molecule has 8 nitrogen and oxygen atoms in total. The van der Waals surface area contributed by atoms with Crippen LogP contribution in [0.5, 0.6) is 0 Å². The molecule has 2 rings (SSSR count). The van der Waals surface area contributed by atoms with Gasteiger partial charge in [0.15, 0.2) is 5.69 Å². The highest BCUT2D eigenvalue weighted by molar-refractivity contribution is 5.87. The monoisotopic (exact) mass is 297 g/mol. The van der Waals surface area contributed by atoms with Gasteiger partial charge in [-0.25, -0.2) is 9.59 Å². The van der Waals surface area contributed by atoms with Crippen LogP contribution in [-0.2, 0) is 14.3 Å². The molecule has 1 unspecified atom stereocenters. The summed E-state index contributed by atoms with van der Waals surface area (Å²) in [6, 6.07) is -0.301. The Morgan fingerprint density at radius 1 is 1.43 bits per heavy atom. The Bertz CT molecular complexity index is 502. The summed E-state index contributed by atoms with van der Waals surface area (Å²) >= 11 is 0. The summed E-state index contributed by atoms with van der Waals surface area (Å²) in [5, 5.41) is 3.12. The van der Waals surface area contributed by atoms with Crippen molar-refractivity contribution in [2.24, 2.45) is 0 Å². The van der Waals surface area contributed by atoms with Gasteiger partial charge in [0.1, 0.15) is 12.3 Å². The first-order chi connectivity index (χ1) is 10.2. The zero-order valence-electron chi connectivity index (χ0n) is 12.1. The molecule has 116 valence electrons. The van der Waals surface area contributed by atoms with E-state index < -0.39 is 12.0 Å². The molecule has 1 atom stereocenters. The van der Waals surface area contributed by atoms with Crippen LogP contribution in [0.1, 0.15) is 24.3 Å². The third-order valence-electron chi connectivity index (χ3n) is 3.02. The summed E-state index contributed by atoms with van der Waals surface area (Å²) in [6.45, 7) is 5.70. The van der Waals surface area contributed by atoms with Gasteiger partial charge in [0.2, 0.25) is 0 Å². The Hall–Kier alpha value is -2.09. The molecule has 0 amide bonds. The molecule has 0 saturated carbocycles. The van der Waals surface area contributed by atoms with E-state index in [2.05, 4.69) is 10.3 Å². The van der Waals surface area contributed by atoms with Crippen molar-refractivity contribution < 1.29 is 23.5 Å². The third-order valence-corrected chi connectivity index (χ3v) is 3.02. The van der Waals surface area contributed by atoms with Gasteiger partial charge in [-0.2, -0.15) is 4.98 Å². The molecule has 21 heavy (non-hydrogen) atoms. The number of nitrogens with zero attached hydrogens (tertiary/aromatic N) is 2. The van der Waals surface area contributed by atoms with Gasteiger partial charge >= 0.3 is 11.9 Å². The van der Waals surface area contributed by atoms with E-state index in [1.165, 1.54) is 6.26 Å². The number of nitrogens with one attached hydrogen (secondary N) is 1. The number of esters is 2. The van der Waals surface area contributed by atoms with E-state index in [4.69, 9.17) is 13.9 Å². The number of aromatic nitrogens is 1. The number of piperazine rings is 1. The van der Waals surface area contributed by atoms with Crippen molar-refractivity contribution >= 4 is 18.0 Å². The lowest BCUT2D eigenvalue weighted by Gasteiger charge is -2.33. The van der Waals surface area contributed by atoms with Crippen molar-refractivity contribution in [2.45, 2.75) is 19.9 Å². The topological polar surface area (TPSA) is 93.9 Å². The molecule has 2 heterocycles. The van der Waals surface area contributed by atoms with E-state index in [9.17, 15) is 9.59 Å². The normalized spacial score (nSPS) is 18.4. The molecular weight excluding hydrogens is 278 g/mol. The molecule has 0 spiro atoms. The van der Waals surface area contributed by atoms with Crippen LogP contribution in [0.3, 0.4) is 0 Å². The fraction of sp³-hybridized carbons (Fsp3) is 0.615. The summed E-state index contributed by atoms with van der Waals surface area (Å²) in [5.74, 6) is -0.893. The minimum atomic E-state index is -0.546. The van der Waals surface area contributed by atoms with Gasteiger partial charge in [0, 0.05) is 19.6 Å². The Morgan fingerprint density at radius 3 is 2.90 bits per heavy atom. The Morgan fingerprint density at radius 2 is 2.19 bits per heavy atom. The molecule has 1 aromatic rings. The fourth-order valence-electron chi connectivity index (χ4n) is 2.08. The predicted octanol–water partition coefficient (Wildman–Crippen LogP) is 0.193. The molecule has 1 fully saturated rings. The van der Waals surface area contributed by atoms with Gasteiger partial charge in [-0.1, -0.05) is 0 Å². The van der Waals surface area contributed by atoms with E-state index in [-0.39, 0.29) is 24.3 Å². The van der Waals surface area contributed by atoms with Crippen LogP contribution in [0.25, 0.3) is 0 Å². The molecule has 0 bridgehead atoms. The molecule has 0 aliphatic carbocycles. The third kappa shape index (κ3) is 3.52. The SMILES string of the molecule is CCOC(=O)c1coc(N2CCNCC2C(=O)OCC)n1. The summed E-state index contributed by atoms with van der Waals surface area (Å²) in [5.41, 5.74) is 0.0907. The first-order valence-corrected chi connectivity index (χ1v) is 6.94. The summed E-state index contributed by atoms with van der Waals surface area (Å²) in [6.07, 6.45) is 1.23. The van der Waals surface area contributed by atoms with Crippen molar-refractivity contribution in [2.75, 3.05) is 37.7 Å². The van der Waals surface area contributed by atoms with Crippen LogP contribution < -0.4 is 10.2 Å². The largest absolute Gasteiger partial charge is 0.464 e. The molecule has 1 N–H and O–H groups in total. The second-order valence-electron chi connectivity index (χ2n) is 4.40. The van der Waals surface area contributed by atoms with Crippen molar-refractivity contribution in [3.05, 3.63) is 12.0 Å². The first kappa shape index (κ1) is 15.3. The van der Waals surface area contributed by atoms with Crippen molar-refractivity contribution in [3.63, 3.8) is 0 Å². The summed E-state index contributed by atoms with van der Waals surface area (Å²) in [7, 11) is 0. The molecule has 1 aliphatic rings. The molecule has 1 saturated heterocycles. The molecule has 0 radical (unpaired) electrons. The number of rotatable bonds is 5. The average molecular weight is 297 g/mol. The van der Waals surface area contributed by atoms with Gasteiger partial charge in [-0.3, -0.25) is 0 Å². The maximum atomic E-state index is 12.0. The number of carbonyl (C=O) groups excluding carboxylic acids is 2. The van der Waals surface area contributed by atoms with Gasteiger partial charge in [-0.15, -0.1) is 0 Å².